The second-order valence-electron chi connectivity index (χ2n) is 4.84. The van der Waals surface area contributed by atoms with Gasteiger partial charge in [-0.2, -0.15) is 0 Å². The number of nitrogens with one attached hydrogen (secondary N) is 1. The van der Waals surface area contributed by atoms with Gasteiger partial charge in [-0.15, -0.1) is 0 Å². The number of nitrogens with zero attached hydrogens (tertiary/aromatic N) is 2. The van der Waals surface area contributed by atoms with Crippen LogP contribution in [0.25, 0.3) is 0 Å². The first-order chi connectivity index (χ1) is 9.22. The molecule has 5 nitrogen and oxygen atoms in total. The van der Waals surface area contributed by atoms with E-state index in [2.05, 4.69) is 14.9 Å². The molecule has 1 aliphatic heterocycles. The van der Waals surface area contributed by atoms with Gasteiger partial charge in [0.2, 0.25) is 5.91 Å². The number of imidazole rings is 1. The van der Waals surface area contributed by atoms with Crippen LogP contribution in [0.2, 0.25) is 0 Å². The Hall–Kier alpha value is -2.14. The van der Waals surface area contributed by atoms with Gasteiger partial charge in [-0.1, -0.05) is 6.07 Å². The highest BCUT2D eigenvalue weighted by molar-refractivity contribution is 5.93. The van der Waals surface area contributed by atoms with Crippen molar-refractivity contribution in [2.24, 2.45) is 5.73 Å². The van der Waals surface area contributed by atoms with Gasteiger partial charge in [-0.05, 0) is 29.7 Å². The Kier molecular flexibility index (Phi) is 3.05. The number of rotatable bonds is 3. The Balaban J connectivity index is 1.75. The third-order valence-electron chi connectivity index (χ3n) is 3.51. The van der Waals surface area contributed by atoms with E-state index in [1.165, 1.54) is 11.1 Å². The Bertz CT molecular complexity index is 591. The first-order valence-corrected chi connectivity index (χ1v) is 6.34. The molecule has 0 radical (unpaired) electrons. The molecule has 2 heterocycles. The van der Waals surface area contributed by atoms with Gasteiger partial charge < -0.3 is 10.7 Å². The van der Waals surface area contributed by atoms with Crippen LogP contribution in [0.1, 0.15) is 27.3 Å². The summed E-state index contributed by atoms with van der Waals surface area (Å²) >= 11 is 0. The van der Waals surface area contributed by atoms with Crippen LogP contribution in [0.5, 0.6) is 0 Å². The summed E-state index contributed by atoms with van der Waals surface area (Å²) in [4.78, 5) is 20.9. The predicted octanol–water partition coefficient (Wildman–Crippen LogP) is 1.07. The summed E-state index contributed by atoms with van der Waals surface area (Å²) in [5.41, 5.74) is 8.39. The molecule has 0 aliphatic carbocycles. The van der Waals surface area contributed by atoms with Crippen molar-refractivity contribution in [1.82, 2.24) is 14.9 Å². The third kappa shape index (κ3) is 2.51. The smallest absolute Gasteiger partial charge is 0.248 e. The highest BCUT2D eigenvalue weighted by atomic mass is 16.1. The van der Waals surface area contributed by atoms with E-state index in [4.69, 9.17) is 5.73 Å². The number of benzene rings is 1. The molecule has 0 bridgehead atoms. The summed E-state index contributed by atoms with van der Waals surface area (Å²) in [5.74, 6) is 0.623. The average molecular weight is 256 g/mol. The fourth-order valence-electron chi connectivity index (χ4n) is 2.50. The van der Waals surface area contributed by atoms with Gasteiger partial charge >= 0.3 is 0 Å². The molecule has 2 aromatic rings. The van der Waals surface area contributed by atoms with E-state index in [0.717, 1.165) is 31.9 Å². The molecule has 1 aliphatic rings. The molecule has 3 rings (SSSR count). The zero-order valence-electron chi connectivity index (χ0n) is 10.6. The lowest BCUT2D eigenvalue weighted by atomic mass is 9.97. The van der Waals surface area contributed by atoms with Crippen LogP contribution in [0.4, 0.5) is 0 Å². The topological polar surface area (TPSA) is 75.0 Å². The fourth-order valence-corrected chi connectivity index (χ4v) is 2.50. The maximum absolute atomic E-state index is 11.2. The number of aromatic nitrogens is 2. The Morgan fingerprint density at radius 2 is 2.32 bits per heavy atom. The van der Waals surface area contributed by atoms with Crippen molar-refractivity contribution < 1.29 is 4.79 Å². The molecule has 98 valence electrons. The zero-order valence-corrected chi connectivity index (χ0v) is 10.6. The van der Waals surface area contributed by atoms with Crippen LogP contribution in [0.15, 0.2) is 30.6 Å². The Labute approximate surface area is 111 Å². The average Bonchev–Trinajstić information content (AvgIpc) is 2.91. The van der Waals surface area contributed by atoms with Crippen molar-refractivity contribution >= 4 is 5.91 Å². The molecular formula is C14H16N4O. The van der Waals surface area contributed by atoms with Crippen LogP contribution in [0.3, 0.4) is 0 Å². The normalized spacial score (nSPS) is 15.2. The minimum absolute atomic E-state index is 0.360. The lowest BCUT2D eigenvalue weighted by Gasteiger charge is -2.28. The van der Waals surface area contributed by atoms with E-state index >= 15 is 0 Å². The molecule has 5 heteroatoms. The van der Waals surface area contributed by atoms with E-state index in [1.54, 1.807) is 12.3 Å². The summed E-state index contributed by atoms with van der Waals surface area (Å²) in [6, 6.07) is 5.73. The van der Waals surface area contributed by atoms with Crippen LogP contribution < -0.4 is 5.73 Å². The summed E-state index contributed by atoms with van der Waals surface area (Å²) in [6.07, 6.45) is 4.55. The molecule has 1 amide bonds. The van der Waals surface area contributed by atoms with Gasteiger partial charge in [0, 0.05) is 31.0 Å². The number of primary amides is 1. The van der Waals surface area contributed by atoms with Gasteiger partial charge in [0.05, 0.1) is 6.54 Å². The zero-order chi connectivity index (χ0) is 13.2. The maximum atomic E-state index is 11.2. The van der Waals surface area contributed by atoms with Crippen molar-refractivity contribution in [3.63, 3.8) is 0 Å². The lowest BCUT2D eigenvalue weighted by Crippen LogP contribution is -2.30. The van der Waals surface area contributed by atoms with Crippen LogP contribution in [-0.2, 0) is 19.5 Å². The quantitative estimate of drug-likeness (QED) is 0.862. The molecule has 1 aromatic heterocycles. The second kappa shape index (κ2) is 4.85. The van der Waals surface area contributed by atoms with Crippen molar-refractivity contribution in [2.75, 3.05) is 6.54 Å². The number of H-pyrrole nitrogens is 1. The van der Waals surface area contributed by atoms with E-state index in [-0.39, 0.29) is 5.91 Å². The van der Waals surface area contributed by atoms with E-state index in [9.17, 15) is 4.79 Å². The summed E-state index contributed by atoms with van der Waals surface area (Å²) in [7, 11) is 0. The number of aromatic amines is 1. The number of amides is 1. The van der Waals surface area contributed by atoms with E-state index in [1.807, 2.05) is 18.3 Å². The van der Waals surface area contributed by atoms with Gasteiger partial charge in [0.25, 0.3) is 0 Å². The first kappa shape index (κ1) is 11.9. The van der Waals surface area contributed by atoms with E-state index < -0.39 is 0 Å². The minimum atomic E-state index is -0.360. The molecule has 0 saturated carbocycles. The third-order valence-corrected chi connectivity index (χ3v) is 3.51. The molecule has 1 aromatic carbocycles. The molecule has 0 unspecified atom stereocenters. The monoisotopic (exact) mass is 256 g/mol. The number of carbonyl (C=O) groups is 1. The molecular weight excluding hydrogens is 240 g/mol. The lowest BCUT2D eigenvalue weighted by molar-refractivity contribution is 0.1000. The second-order valence-corrected chi connectivity index (χ2v) is 4.84. The maximum Gasteiger partial charge on any atom is 0.248 e. The predicted molar refractivity (Wildman–Crippen MR) is 71.4 cm³/mol. The van der Waals surface area contributed by atoms with Gasteiger partial charge in [-0.25, -0.2) is 4.98 Å². The number of hydrogen-bond donors (Lipinski definition) is 2. The standard InChI is InChI=1S/C14H16N4O/c15-14(19)11-1-2-12-8-18(6-3-10(12)7-11)9-13-16-4-5-17-13/h1-2,4-5,7H,3,6,8-9H2,(H2,15,19)(H,16,17). The van der Waals surface area contributed by atoms with Gasteiger partial charge in [0.15, 0.2) is 0 Å². The number of hydrogen-bond acceptors (Lipinski definition) is 3. The highest BCUT2D eigenvalue weighted by Crippen LogP contribution is 2.21. The van der Waals surface area contributed by atoms with Crippen molar-refractivity contribution in [1.29, 1.82) is 0 Å². The summed E-state index contributed by atoms with van der Waals surface area (Å²) < 4.78 is 0. The fraction of sp³-hybridized carbons (Fsp3) is 0.286. The summed E-state index contributed by atoms with van der Waals surface area (Å²) in [5, 5.41) is 0. The van der Waals surface area contributed by atoms with E-state index in [0.29, 0.717) is 5.56 Å². The molecule has 0 saturated heterocycles. The van der Waals surface area contributed by atoms with Crippen LogP contribution >= 0.6 is 0 Å². The highest BCUT2D eigenvalue weighted by Gasteiger charge is 2.18. The molecule has 19 heavy (non-hydrogen) atoms. The van der Waals surface area contributed by atoms with Gasteiger partial charge in [-0.3, -0.25) is 9.69 Å². The SMILES string of the molecule is NC(=O)c1ccc2c(c1)CCN(Cc1ncc[nH]1)C2. The van der Waals surface area contributed by atoms with Crippen LogP contribution in [-0.4, -0.2) is 27.3 Å². The molecule has 0 atom stereocenters. The number of fused-ring (bicyclic) bond motifs is 1. The van der Waals surface area contributed by atoms with Crippen LogP contribution in [0, 0.1) is 0 Å². The Morgan fingerprint density at radius 1 is 1.42 bits per heavy atom. The largest absolute Gasteiger partial charge is 0.366 e. The van der Waals surface area contributed by atoms with Gasteiger partial charge in [0.1, 0.15) is 5.82 Å². The molecule has 0 fully saturated rings. The first-order valence-electron chi connectivity index (χ1n) is 6.34. The van der Waals surface area contributed by atoms with Crippen molar-refractivity contribution in [3.8, 4) is 0 Å². The van der Waals surface area contributed by atoms with Crippen molar-refractivity contribution in [3.05, 3.63) is 53.1 Å². The summed E-state index contributed by atoms with van der Waals surface area (Å²) in [6.45, 7) is 2.68. The van der Waals surface area contributed by atoms with Crippen molar-refractivity contribution in [2.45, 2.75) is 19.5 Å². The Morgan fingerprint density at radius 3 is 3.05 bits per heavy atom. The molecule has 3 N–H and O–H groups in total. The number of nitrogens with two attached hydrogens (primary N) is 1. The molecule has 0 spiro atoms. The number of carbonyl (C=O) groups excluding carboxylic acids is 1. The minimum Gasteiger partial charge on any atom is -0.366 e.